The lowest BCUT2D eigenvalue weighted by Gasteiger charge is -2.36. The van der Waals surface area contributed by atoms with E-state index in [0.717, 1.165) is 29.7 Å². The van der Waals surface area contributed by atoms with Gasteiger partial charge >= 0.3 is 0 Å². The van der Waals surface area contributed by atoms with Crippen molar-refractivity contribution in [3.63, 3.8) is 0 Å². The number of nitrogens with zero attached hydrogens (tertiary/aromatic N) is 4. The zero-order valence-corrected chi connectivity index (χ0v) is 16.9. The molecule has 0 bridgehead atoms. The highest BCUT2D eigenvalue weighted by atomic mass is 79.9. The third-order valence-corrected chi connectivity index (χ3v) is 5.41. The summed E-state index contributed by atoms with van der Waals surface area (Å²) in [4.78, 5) is 16.9. The summed E-state index contributed by atoms with van der Waals surface area (Å²) < 4.78 is 2.56. The highest BCUT2D eigenvalue weighted by Gasteiger charge is 2.26. The Bertz CT molecular complexity index is 759. The van der Waals surface area contributed by atoms with Crippen LogP contribution >= 0.6 is 39.1 Å². The molecule has 1 fully saturated rings. The molecule has 0 aliphatic carbocycles. The maximum atomic E-state index is 12.7. The van der Waals surface area contributed by atoms with Gasteiger partial charge in [-0.15, -0.1) is 0 Å². The topological polar surface area (TPSA) is 41.4 Å². The van der Waals surface area contributed by atoms with Crippen molar-refractivity contribution in [2.45, 2.75) is 19.5 Å². The summed E-state index contributed by atoms with van der Waals surface area (Å²) in [6.07, 6.45) is 3.51. The molecule has 1 unspecified atom stereocenters. The number of hydrogen-bond donors (Lipinski definition) is 0. The molecular formula is C17H19BrCl2N4O. The molecule has 8 heteroatoms. The third-order valence-electron chi connectivity index (χ3n) is 4.42. The molecule has 2 aromatic rings. The Balaban J connectivity index is 1.55. The quantitative estimate of drug-likeness (QED) is 0.717. The lowest BCUT2D eigenvalue weighted by atomic mass is 10.2. The fraction of sp³-hybridized carbons (Fsp3) is 0.412. The summed E-state index contributed by atoms with van der Waals surface area (Å²) >= 11 is 15.6. The molecule has 5 nitrogen and oxygen atoms in total. The van der Waals surface area contributed by atoms with Crippen molar-refractivity contribution in [1.82, 2.24) is 19.6 Å². The molecule has 25 heavy (non-hydrogen) atoms. The molecule has 1 aromatic heterocycles. The first-order valence-corrected chi connectivity index (χ1v) is 9.63. The summed E-state index contributed by atoms with van der Waals surface area (Å²) in [6, 6.07) is 5.28. The Morgan fingerprint density at radius 2 is 2.00 bits per heavy atom. The van der Waals surface area contributed by atoms with Crippen LogP contribution in [0.3, 0.4) is 0 Å². The summed E-state index contributed by atoms with van der Waals surface area (Å²) in [7, 11) is 0. The zero-order valence-electron chi connectivity index (χ0n) is 13.8. The molecule has 0 N–H and O–H groups in total. The van der Waals surface area contributed by atoms with Crippen LogP contribution in [0.2, 0.25) is 10.0 Å². The number of piperazine rings is 1. The van der Waals surface area contributed by atoms with Crippen molar-refractivity contribution in [3.8, 4) is 0 Å². The standard InChI is InChI=1S/C17H19BrCl2N4O/c1-12(24-11-14(18)9-21-24)17(25)23-6-4-22(5-7-23)10-13-2-3-15(19)8-16(13)20/h2-3,8-9,11-12H,4-7,10H2,1H3. The normalized spacial score (nSPS) is 16.9. The lowest BCUT2D eigenvalue weighted by Crippen LogP contribution is -2.50. The minimum Gasteiger partial charge on any atom is -0.338 e. The number of carbonyl (C=O) groups excluding carboxylic acids is 1. The monoisotopic (exact) mass is 444 g/mol. The number of amides is 1. The third kappa shape index (κ3) is 4.56. The average Bonchev–Trinajstić information content (AvgIpc) is 3.03. The van der Waals surface area contributed by atoms with Gasteiger partial charge in [-0.25, -0.2) is 0 Å². The van der Waals surface area contributed by atoms with Gasteiger partial charge in [-0.3, -0.25) is 14.4 Å². The van der Waals surface area contributed by atoms with Crippen LogP contribution in [0.25, 0.3) is 0 Å². The maximum absolute atomic E-state index is 12.7. The SMILES string of the molecule is CC(C(=O)N1CCN(Cc2ccc(Cl)cc2Cl)CC1)n1cc(Br)cn1. The van der Waals surface area contributed by atoms with E-state index in [9.17, 15) is 4.79 Å². The van der Waals surface area contributed by atoms with E-state index in [1.165, 1.54) is 0 Å². The number of rotatable bonds is 4. The van der Waals surface area contributed by atoms with Crippen LogP contribution < -0.4 is 0 Å². The van der Waals surface area contributed by atoms with E-state index < -0.39 is 0 Å². The van der Waals surface area contributed by atoms with E-state index in [2.05, 4.69) is 25.9 Å². The van der Waals surface area contributed by atoms with Gasteiger partial charge in [0.25, 0.3) is 0 Å². The summed E-state index contributed by atoms with van der Waals surface area (Å²) in [5.41, 5.74) is 1.06. The molecule has 0 saturated carbocycles. The van der Waals surface area contributed by atoms with E-state index in [1.807, 2.05) is 30.2 Å². The molecule has 1 atom stereocenters. The second kappa shape index (κ2) is 8.08. The minimum atomic E-state index is -0.302. The number of hydrogen-bond acceptors (Lipinski definition) is 3. The van der Waals surface area contributed by atoms with Gasteiger partial charge in [0.15, 0.2) is 0 Å². The first-order valence-electron chi connectivity index (χ1n) is 8.09. The Morgan fingerprint density at radius 1 is 1.28 bits per heavy atom. The van der Waals surface area contributed by atoms with E-state index in [0.29, 0.717) is 23.1 Å². The molecular weight excluding hydrogens is 427 g/mol. The van der Waals surface area contributed by atoms with Crippen molar-refractivity contribution >= 4 is 45.0 Å². The Kier molecular flexibility index (Phi) is 6.04. The highest BCUT2D eigenvalue weighted by molar-refractivity contribution is 9.10. The molecule has 0 radical (unpaired) electrons. The van der Waals surface area contributed by atoms with Gasteiger partial charge in [0.1, 0.15) is 6.04 Å². The Labute approximate surface area is 165 Å². The molecule has 3 rings (SSSR count). The van der Waals surface area contributed by atoms with Crippen LogP contribution in [-0.4, -0.2) is 51.7 Å². The fourth-order valence-corrected chi connectivity index (χ4v) is 3.69. The van der Waals surface area contributed by atoms with Gasteiger partial charge in [0.2, 0.25) is 5.91 Å². The number of carbonyl (C=O) groups is 1. The summed E-state index contributed by atoms with van der Waals surface area (Å²) in [5.74, 6) is 0.0970. The van der Waals surface area contributed by atoms with Gasteiger partial charge in [0.05, 0.1) is 10.7 Å². The largest absolute Gasteiger partial charge is 0.338 e. The van der Waals surface area contributed by atoms with Gasteiger partial charge in [-0.05, 0) is 40.5 Å². The smallest absolute Gasteiger partial charge is 0.247 e. The number of aromatic nitrogens is 2. The second-order valence-electron chi connectivity index (χ2n) is 6.15. The van der Waals surface area contributed by atoms with Gasteiger partial charge in [-0.2, -0.15) is 5.10 Å². The number of halogens is 3. The van der Waals surface area contributed by atoms with Crippen molar-refractivity contribution in [2.24, 2.45) is 0 Å². The van der Waals surface area contributed by atoms with Gasteiger partial charge in [0, 0.05) is 49.0 Å². The van der Waals surface area contributed by atoms with E-state index in [1.54, 1.807) is 16.9 Å². The predicted molar refractivity (Wildman–Crippen MR) is 103 cm³/mol. The molecule has 1 aliphatic heterocycles. The van der Waals surface area contributed by atoms with Crippen LogP contribution in [0, 0.1) is 0 Å². The van der Waals surface area contributed by atoms with Crippen molar-refractivity contribution < 1.29 is 4.79 Å². The molecule has 2 heterocycles. The minimum absolute atomic E-state index is 0.0970. The van der Waals surface area contributed by atoms with E-state index >= 15 is 0 Å². The highest BCUT2D eigenvalue weighted by Crippen LogP contribution is 2.23. The molecule has 1 aliphatic rings. The second-order valence-corrected chi connectivity index (χ2v) is 7.91. The van der Waals surface area contributed by atoms with Crippen molar-refractivity contribution in [3.05, 3.63) is 50.7 Å². The van der Waals surface area contributed by atoms with Gasteiger partial charge < -0.3 is 4.90 Å². The van der Waals surface area contributed by atoms with Crippen molar-refractivity contribution in [2.75, 3.05) is 26.2 Å². The van der Waals surface area contributed by atoms with Crippen LogP contribution in [-0.2, 0) is 11.3 Å². The molecule has 1 saturated heterocycles. The maximum Gasteiger partial charge on any atom is 0.247 e. The zero-order chi connectivity index (χ0) is 18.0. The lowest BCUT2D eigenvalue weighted by molar-refractivity contribution is -0.136. The number of benzene rings is 1. The molecule has 134 valence electrons. The van der Waals surface area contributed by atoms with Crippen molar-refractivity contribution in [1.29, 1.82) is 0 Å². The van der Waals surface area contributed by atoms with Crippen LogP contribution in [0.4, 0.5) is 0 Å². The Hall–Kier alpha value is -1.08. The molecule has 1 amide bonds. The summed E-state index contributed by atoms with van der Waals surface area (Å²) in [6.45, 7) is 5.69. The first-order chi connectivity index (χ1) is 11.9. The average molecular weight is 446 g/mol. The fourth-order valence-electron chi connectivity index (χ4n) is 2.92. The van der Waals surface area contributed by atoms with E-state index in [4.69, 9.17) is 23.2 Å². The van der Waals surface area contributed by atoms with Crippen LogP contribution in [0.1, 0.15) is 18.5 Å². The predicted octanol–water partition coefficient (Wildman–Crippen LogP) is 3.86. The molecule has 1 aromatic carbocycles. The summed E-state index contributed by atoms with van der Waals surface area (Å²) in [5, 5.41) is 5.53. The Morgan fingerprint density at radius 3 is 2.60 bits per heavy atom. The molecule has 0 spiro atoms. The van der Waals surface area contributed by atoms with E-state index in [-0.39, 0.29) is 11.9 Å². The van der Waals surface area contributed by atoms with Crippen LogP contribution in [0.5, 0.6) is 0 Å². The van der Waals surface area contributed by atoms with Crippen LogP contribution in [0.15, 0.2) is 35.1 Å². The van der Waals surface area contributed by atoms with Gasteiger partial charge in [-0.1, -0.05) is 29.3 Å². The first kappa shape index (κ1) is 18.7.